The fraction of sp³-hybridized carbons (Fsp3) is 0.211. The number of aromatic nitrogens is 3. The van der Waals surface area contributed by atoms with Crippen LogP contribution < -0.4 is 5.32 Å². The molecule has 128 valence electrons. The van der Waals surface area contributed by atoms with Crippen molar-refractivity contribution in [3.8, 4) is 5.69 Å². The van der Waals surface area contributed by atoms with Crippen LogP contribution in [0.3, 0.4) is 0 Å². The summed E-state index contributed by atoms with van der Waals surface area (Å²) in [5.41, 5.74) is 3.51. The minimum absolute atomic E-state index is 0.242. The van der Waals surface area contributed by atoms with Crippen molar-refractivity contribution in [2.45, 2.75) is 26.8 Å². The third-order valence-electron chi connectivity index (χ3n) is 4.04. The van der Waals surface area contributed by atoms with Crippen LogP contribution in [0.25, 0.3) is 5.69 Å². The van der Waals surface area contributed by atoms with Gasteiger partial charge in [-0.1, -0.05) is 12.1 Å². The summed E-state index contributed by atoms with van der Waals surface area (Å²) < 4.78 is 15.1. The topological polar surface area (TPSA) is 59.8 Å². The summed E-state index contributed by atoms with van der Waals surface area (Å²) in [6.07, 6.45) is 1.69. The lowest BCUT2D eigenvalue weighted by atomic mass is 10.1. The van der Waals surface area contributed by atoms with E-state index in [0.717, 1.165) is 17.0 Å². The Bertz CT molecular complexity index is 919. The molecule has 3 rings (SSSR count). The van der Waals surface area contributed by atoms with E-state index < -0.39 is 0 Å². The number of nitrogens with one attached hydrogen (secondary N) is 1. The molecular weight excluding hydrogens is 319 g/mol. The van der Waals surface area contributed by atoms with E-state index in [1.807, 2.05) is 26.8 Å². The lowest BCUT2D eigenvalue weighted by Crippen LogP contribution is -2.27. The van der Waals surface area contributed by atoms with Crippen LogP contribution in [0.5, 0.6) is 0 Å². The first kappa shape index (κ1) is 16.8. The van der Waals surface area contributed by atoms with Gasteiger partial charge in [-0.15, -0.1) is 0 Å². The summed E-state index contributed by atoms with van der Waals surface area (Å²) in [7, 11) is 0. The summed E-state index contributed by atoms with van der Waals surface area (Å²) in [6, 6.07) is 11.3. The number of carbonyl (C=O) groups is 1. The highest BCUT2D eigenvalue weighted by Gasteiger charge is 2.18. The van der Waals surface area contributed by atoms with E-state index in [1.165, 1.54) is 12.1 Å². The summed E-state index contributed by atoms with van der Waals surface area (Å²) in [5.74, 6) is -0.560. The van der Waals surface area contributed by atoms with Crippen molar-refractivity contribution in [1.29, 1.82) is 0 Å². The van der Waals surface area contributed by atoms with Gasteiger partial charge in [0.2, 0.25) is 0 Å². The molecule has 1 atom stereocenters. The Labute approximate surface area is 145 Å². The average molecular weight is 338 g/mol. The molecule has 0 unspecified atom stereocenters. The van der Waals surface area contributed by atoms with Gasteiger partial charge in [-0.25, -0.2) is 14.1 Å². The van der Waals surface area contributed by atoms with Crippen molar-refractivity contribution in [2.24, 2.45) is 0 Å². The Kier molecular flexibility index (Phi) is 4.61. The lowest BCUT2D eigenvalue weighted by molar-refractivity contribution is 0.0934. The van der Waals surface area contributed by atoms with Gasteiger partial charge in [-0.2, -0.15) is 5.10 Å². The molecule has 3 aromatic rings. The summed E-state index contributed by atoms with van der Waals surface area (Å²) >= 11 is 0. The van der Waals surface area contributed by atoms with Gasteiger partial charge in [-0.05, 0) is 51.1 Å². The number of pyridine rings is 1. The van der Waals surface area contributed by atoms with Gasteiger partial charge in [0, 0.05) is 17.0 Å². The number of rotatable bonds is 4. The first-order chi connectivity index (χ1) is 12.0. The molecule has 0 bridgehead atoms. The number of aryl methyl sites for hydroxylation is 1. The van der Waals surface area contributed by atoms with Crippen LogP contribution in [0, 0.1) is 19.7 Å². The number of hydrogen-bond donors (Lipinski definition) is 1. The molecule has 0 radical (unpaired) electrons. The van der Waals surface area contributed by atoms with Crippen LogP contribution >= 0.6 is 0 Å². The van der Waals surface area contributed by atoms with Gasteiger partial charge in [-0.3, -0.25) is 4.79 Å². The third-order valence-corrected chi connectivity index (χ3v) is 4.04. The monoisotopic (exact) mass is 338 g/mol. The van der Waals surface area contributed by atoms with Gasteiger partial charge in [0.25, 0.3) is 5.91 Å². The first-order valence-corrected chi connectivity index (χ1v) is 8.00. The Morgan fingerprint density at radius 3 is 2.68 bits per heavy atom. The fourth-order valence-corrected chi connectivity index (χ4v) is 2.73. The molecule has 1 amide bonds. The first-order valence-electron chi connectivity index (χ1n) is 8.00. The van der Waals surface area contributed by atoms with Crippen molar-refractivity contribution in [1.82, 2.24) is 20.1 Å². The molecule has 0 aliphatic carbocycles. The SMILES string of the molecule is Cc1cccc(C(=O)N[C@@H](C)c2cnn(-c3cccc(F)c3)c2C)n1. The molecule has 5 nitrogen and oxygen atoms in total. The van der Waals surface area contributed by atoms with E-state index in [1.54, 1.807) is 35.1 Å². The molecule has 2 aromatic heterocycles. The molecule has 0 spiro atoms. The molecule has 1 N–H and O–H groups in total. The minimum atomic E-state index is -0.319. The highest BCUT2D eigenvalue weighted by atomic mass is 19.1. The molecule has 25 heavy (non-hydrogen) atoms. The predicted molar refractivity (Wildman–Crippen MR) is 93.1 cm³/mol. The van der Waals surface area contributed by atoms with Crippen molar-refractivity contribution in [2.75, 3.05) is 0 Å². The van der Waals surface area contributed by atoms with Crippen LogP contribution in [-0.2, 0) is 0 Å². The second-order valence-electron chi connectivity index (χ2n) is 5.94. The zero-order chi connectivity index (χ0) is 18.0. The van der Waals surface area contributed by atoms with Gasteiger partial charge in [0.1, 0.15) is 11.5 Å². The Hall–Kier alpha value is -3.02. The van der Waals surface area contributed by atoms with E-state index in [9.17, 15) is 9.18 Å². The zero-order valence-corrected chi connectivity index (χ0v) is 14.3. The fourth-order valence-electron chi connectivity index (χ4n) is 2.73. The molecule has 0 saturated heterocycles. The molecule has 0 fully saturated rings. The quantitative estimate of drug-likeness (QED) is 0.792. The summed E-state index contributed by atoms with van der Waals surface area (Å²) in [6.45, 7) is 5.61. The second kappa shape index (κ2) is 6.84. The third kappa shape index (κ3) is 3.57. The lowest BCUT2D eigenvalue weighted by Gasteiger charge is -2.14. The van der Waals surface area contributed by atoms with Crippen molar-refractivity contribution in [3.05, 3.63) is 77.1 Å². The van der Waals surface area contributed by atoms with Gasteiger partial charge in [0.05, 0.1) is 17.9 Å². The van der Waals surface area contributed by atoms with Crippen molar-refractivity contribution < 1.29 is 9.18 Å². The maximum atomic E-state index is 13.4. The minimum Gasteiger partial charge on any atom is -0.344 e. The summed E-state index contributed by atoms with van der Waals surface area (Å²) in [5, 5.41) is 7.25. The maximum Gasteiger partial charge on any atom is 0.270 e. The number of carbonyl (C=O) groups excluding carboxylic acids is 1. The van der Waals surface area contributed by atoms with Crippen molar-refractivity contribution >= 4 is 5.91 Å². The Balaban J connectivity index is 1.81. The number of halogens is 1. The predicted octanol–water partition coefficient (Wildman–Crippen LogP) is 3.51. The molecule has 1 aromatic carbocycles. The highest BCUT2D eigenvalue weighted by molar-refractivity contribution is 5.92. The van der Waals surface area contributed by atoms with Crippen LogP contribution in [0.2, 0.25) is 0 Å². The maximum absolute atomic E-state index is 13.4. The van der Waals surface area contributed by atoms with E-state index in [-0.39, 0.29) is 17.8 Å². The number of hydrogen-bond acceptors (Lipinski definition) is 3. The van der Waals surface area contributed by atoms with Gasteiger partial charge >= 0.3 is 0 Å². The standard InChI is InChI=1S/C19H19FN4O/c1-12-6-4-9-18(22-12)19(25)23-13(2)17-11-21-24(14(17)3)16-8-5-7-15(20)10-16/h4-11,13H,1-3H3,(H,23,25)/t13-/m0/s1. The molecule has 6 heteroatoms. The van der Waals surface area contributed by atoms with Crippen LogP contribution in [0.4, 0.5) is 4.39 Å². The Morgan fingerprint density at radius 2 is 1.96 bits per heavy atom. The summed E-state index contributed by atoms with van der Waals surface area (Å²) in [4.78, 5) is 16.6. The zero-order valence-electron chi connectivity index (χ0n) is 14.3. The molecular formula is C19H19FN4O. The van der Waals surface area contributed by atoms with E-state index in [4.69, 9.17) is 0 Å². The number of nitrogens with zero attached hydrogens (tertiary/aromatic N) is 3. The Morgan fingerprint density at radius 1 is 1.20 bits per heavy atom. The second-order valence-corrected chi connectivity index (χ2v) is 5.94. The van der Waals surface area contributed by atoms with Gasteiger partial charge in [0.15, 0.2) is 0 Å². The van der Waals surface area contributed by atoms with E-state index in [0.29, 0.717) is 11.4 Å². The molecule has 0 saturated carbocycles. The van der Waals surface area contributed by atoms with Crippen LogP contribution in [-0.4, -0.2) is 20.7 Å². The largest absolute Gasteiger partial charge is 0.344 e. The molecule has 0 aliphatic rings. The highest BCUT2D eigenvalue weighted by Crippen LogP contribution is 2.21. The van der Waals surface area contributed by atoms with E-state index >= 15 is 0 Å². The normalized spacial score (nSPS) is 12.0. The van der Waals surface area contributed by atoms with Crippen LogP contribution in [0.1, 0.15) is 40.4 Å². The number of amides is 1. The number of benzene rings is 1. The average Bonchev–Trinajstić information content (AvgIpc) is 2.96. The van der Waals surface area contributed by atoms with Crippen LogP contribution in [0.15, 0.2) is 48.7 Å². The van der Waals surface area contributed by atoms with E-state index in [2.05, 4.69) is 15.4 Å². The molecule has 0 aliphatic heterocycles. The van der Waals surface area contributed by atoms with Crippen molar-refractivity contribution in [3.63, 3.8) is 0 Å². The molecule has 2 heterocycles. The van der Waals surface area contributed by atoms with Gasteiger partial charge < -0.3 is 5.32 Å². The smallest absolute Gasteiger partial charge is 0.270 e.